The Morgan fingerprint density at radius 2 is 0.986 bits per heavy atom. The SMILES string of the molecule is CC/C=C/CC/C=C/CC/C=C/C(O)C(COC1OC(CO)C(O)C(O)C1O)NC(=O)CCCCCCCC/C=C\C=C/CCCCCOC(=O)CCCCCCCCCCC/C=C\CCCCCCCC. The molecule has 0 aromatic heterocycles. The van der Waals surface area contributed by atoms with E-state index in [0.29, 0.717) is 32.3 Å². The van der Waals surface area contributed by atoms with Crippen LogP contribution in [0.4, 0.5) is 0 Å². The van der Waals surface area contributed by atoms with Crippen molar-refractivity contribution < 1.29 is 49.3 Å². The van der Waals surface area contributed by atoms with Gasteiger partial charge in [0.1, 0.15) is 24.4 Å². The molecule has 6 N–H and O–H groups in total. The monoisotopic (exact) mass is 1010 g/mol. The number of hydrogen-bond donors (Lipinski definition) is 6. The van der Waals surface area contributed by atoms with Crippen LogP contribution < -0.4 is 5.32 Å². The predicted octanol–water partition coefficient (Wildman–Crippen LogP) is 13.2. The fourth-order valence-electron chi connectivity index (χ4n) is 8.63. The van der Waals surface area contributed by atoms with Crippen molar-refractivity contribution in [1.82, 2.24) is 5.32 Å². The van der Waals surface area contributed by atoms with E-state index in [9.17, 15) is 35.1 Å². The number of ether oxygens (including phenoxy) is 3. The Morgan fingerprint density at radius 3 is 1.53 bits per heavy atom. The van der Waals surface area contributed by atoms with Crippen molar-refractivity contribution in [2.75, 3.05) is 19.8 Å². The summed E-state index contributed by atoms with van der Waals surface area (Å²) in [5.74, 6) is -0.267. The number of aliphatic hydroxyl groups excluding tert-OH is 5. The number of nitrogens with one attached hydrogen (secondary N) is 1. The Morgan fingerprint density at radius 1 is 0.528 bits per heavy atom. The summed E-state index contributed by atoms with van der Waals surface area (Å²) in [4.78, 5) is 25.1. The zero-order chi connectivity index (χ0) is 52.4. The molecule has 1 aliphatic rings. The van der Waals surface area contributed by atoms with Gasteiger partial charge in [-0.2, -0.15) is 0 Å². The summed E-state index contributed by atoms with van der Waals surface area (Å²) in [5.41, 5.74) is 0. The van der Waals surface area contributed by atoms with E-state index in [-0.39, 0.29) is 18.5 Å². The second-order valence-electron chi connectivity index (χ2n) is 20.0. The second kappa shape index (κ2) is 50.3. The first-order valence-electron chi connectivity index (χ1n) is 29.2. The second-order valence-corrected chi connectivity index (χ2v) is 20.0. The third kappa shape index (κ3) is 39.5. The van der Waals surface area contributed by atoms with Crippen LogP contribution in [0.15, 0.2) is 72.9 Å². The van der Waals surface area contributed by atoms with E-state index < -0.39 is 49.5 Å². The van der Waals surface area contributed by atoms with E-state index >= 15 is 0 Å². The van der Waals surface area contributed by atoms with E-state index in [4.69, 9.17) is 14.2 Å². The largest absolute Gasteiger partial charge is 0.466 e. The van der Waals surface area contributed by atoms with E-state index in [1.54, 1.807) is 6.08 Å². The molecule has 1 amide bonds. The fraction of sp³-hybridized carbons (Fsp3) is 0.770. The van der Waals surface area contributed by atoms with Crippen LogP contribution in [0.3, 0.4) is 0 Å². The van der Waals surface area contributed by atoms with Crippen molar-refractivity contribution >= 4 is 11.9 Å². The molecule has 7 unspecified atom stereocenters. The molecule has 11 heteroatoms. The van der Waals surface area contributed by atoms with E-state index in [1.165, 1.54) is 96.3 Å². The molecule has 1 rings (SSSR count). The van der Waals surface area contributed by atoms with Gasteiger partial charge in [-0.05, 0) is 109 Å². The van der Waals surface area contributed by atoms with Gasteiger partial charge in [-0.1, -0.05) is 189 Å². The zero-order valence-corrected chi connectivity index (χ0v) is 45.6. The molecule has 1 fully saturated rings. The highest BCUT2D eigenvalue weighted by atomic mass is 16.7. The van der Waals surface area contributed by atoms with Crippen molar-refractivity contribution in [1.29, 1.82) is 0 Å². The Bertz CT molecular complexity index is 1430. The number of aliphatic hydroxyl groups is 5. The Kier molecular flexibility index (Phi) is 46.9. The lowest BCUT2D eigenvalue weighted by molar-refractivity contribution is -0.302. The number of amides is 1. The molecule has 0 bridgehead atoms. The average Bonchev–Trinajstić information content (AvgIpc) is 3.38. The maximum absolute atomic E-state index is 13.0. The number of hydrogen-bond acceptors (Lipinski definition) is 10. The summed E-state index contributed by atoms with van der Waals surface area (Å²) < 4.78 is 16.6. The van der Waals surface area contributed by atoms with Gasteiger partial charge < -0.3 is 45.1 Å². The lowest BCUT2D eigenvalue weighted by atomic mass is 9.99. The summed E-state index contributed by atoms with van der Waals surface area (Å²) in [7, 11) is 0. The molecule has 0 radical (unpaired) electrons. The minimum absolute atomic E-state index is 0.0441. The first-order valence-corrected chi connectivity index (χ1v) is 29.2. The van der Waals surface area contributed by atoms with Crippen LogP contribution in [0.25, 0.3) is 0 Å². The molecule has 1 heterocycles. The summed E-state index contributed by atoms with van der Waals surface area (Å²) >= 11 is 0. The standard InChI is InChI=1S/C61H107NO10/c1-3-5-7-9-11-13-15-16-17-18-19-20-23-26-29-33-37-41-45-49-57(66)70-50-46-42-38-34-30-27-24-21-22-25-28-32-36-40-44-48-56(65)62-53(52-71-61-60(69)59(68)58(67)55(51-63)72-61)54(64)47-43-39-35-31-14-12-10-8-6-4-2/h6,8,14,16-17,21,24,27,30-31,43,47,53-55,58-61,63-64,67-69H,3-5,7,9-13,15,18-20,22-23,25-26,28-29,32-42,44-46,48-52H2,1-2H3,(H,62,65)/b8-6+,17-16-,24-21-,30-27-,31-14+,47-43+. The number of allylic oxidation sites excluding steroid dienone is 11. The number of esters is 1. The molecule has 0 aromatic rings. The third-order valence-corrected chi connectivity index (χ3v) is 13.3. The van der Waals surface area contributed by atoms with Crippen molar-refractivity contribution in [3.05, 3.63) is 72.9 Å². The lowest BCUT2D eigenvalue weighted by Crippen LogP contribution is -2.60. The van der Waals surface area contributed by atoms with E-state index in [0.717, 1.165) is 103 Å². The van der Waals surface area contributed by atoms with Crippen LogP contribution in [0, 0.1) is 0 Å². The zero-order valence-electron chi connectivity index (χ0n) is 45.6. The van der Waals surface area contributed by atoms with Crippen LogP contribution in [0.5, 0.6) is 0 Å². The van der Waals surface area contributed by atoms with Gasteiger partial charge in [0.25, 0.3) is 0 Å². The highest BCUT2D eigenvalue weighted by molar-refractivity contribution is 5.76. The lowest BCUT2D eigenvalue weighted by Gasteiger charge is -2.40. The van der Waals surface area contributed by atoms with Crippen molar-refractivity contribution in [2.45, 2.75) is 281 Å². The Labute approximate surface area is 439 Å². The fourth-order valence-corrected chi connectivity index (χ4v) is 8.63. The van der Waals surface area contributed by atoms with E-state index in [2.05, 4.69) is 79.9 Å². The number of unbranched alkanes of at least 4 members (excludes halogenated alkanes) is 26. The van der Waals surface area contributed by atoms with Gasteiger partial charge in [0.2, 0.25) is 5.91 Å². The maximum atomic E-state index is 13.0. The molecular weight excluding hydrogens is 907 g/mol. The van der Waals surface area contributed by atoms with Gasteiger partial charge >= 0.3 is 5.97 Å². The Balaban J connectivity index is 2.09. The van der Waals surface area contributed by atoms with Gasteiger partial charge in [-0.15, -0.1) is 0 Å². The molecule has 1 aliphatic heterocycles. The molecule has 0 spiro atoms. The highest BCUT2D eigenvalue weighted by Gasteiger charge is 2.44. The Hall–Kier alpha value is -2.90. The molecule has 11 nitrogen and oxygen atoms in total. The topological polar surface area (TPSA) is 175 Å². The quantitative estimate of drug-likeness (QED) is 0.0149. The summed E-state index contributed by atoms with van der Waals surface area (Å²) in [6, 6.07) is -0.852. The van der Waals surface area contributed by atoms with Gasteiger partial charge in [-0.3, -0.25) is 9.59 Å². The first kappa shape index (κ1) is 67.1. The van der Waals surface area contributed by atoms with Crippen LogP contribution in [-0.4, -0.2) is 100 Å². The molecule has 416 valence electrons. The molecule has 0 aromatic carbocycles. The normalized spacial score (nSPS) is 19.6. The van der Waals surface area contributed by atoms with Crippen molar-refractivity contribution in [3.63, 3.8) is 0 Å². The summed E-state index contributed by atoms with van der Waals surface area (Å²) in [5, 5.41) is 54.1. The molecular formula is C61H107NO10. The van der Waals surface area contributed by atoms with Crippen molar-refractivity contribution in [3.8, 4) is 0 Å². The minimum Gasteiger partial charge on any atom is -0.466 e. The smallest absolute Gasteiger partial charge is 0.305 e. The number of rotatable bonds is 49. The van der Waals surface area contributed by atoms with E-state index in [1.807, 2.05) is 6.08 Å². The molecule has 72 heavy (non-hydrogen) atoms. The van der Waals surface area contributed by atoms with Gasteiger partial charge in [0.05, 0.1) is 32.0 Å². The average molecular weight is 1010 g/mol. The van der Waals surface area contributed by atoms with Crippen LogP contribution in [-0.2, 0) is 23.8 Å². The first-order chi connectivity index (χ1) is 35.2. The van der Waals surface area contributed by atoms with Crippen LogP contribution in [0.1, 0.15) is 239 Å². The summed E-state index contributed by atoms with van der Waals surface area (Å²) in [6.07, 6.45) is 55.8. The highest BCUT2D eigenvalue weighted by Crippen LogP contribution is 2.23. The minimum atomic E-state index is -1.59. The molecule has 0 aliphatic carbocycles. The number of carbonyl (C=O) groups excluding carboxylic acids is 2. The molecule has 0 saturated carbocycles. The van der Waals surface area contributed by atoms with Gasteiger partial charge in [-0.25, -0.2) is 0 Å². The number of carbonyl (C=O) groups is 2. The van der Waals surface area contributed by atoms with Crippen LogP contribution >= 0.6 is 0 Å². The van der Waals surface area contributed by atoms with Gasteiger partial charge in [0.15, 0.2) is 6.29 Å². The predicted molar refractivity (Wildman–Crippen MR) is 296 cm³/mol. The molecule has 7 atom stereocenters. The van der Waals surface area contributed by atoms with Crippen molar-refractivity contribution in [2.24, 2.45) is 0 Å². The summed E-state index contributed by atoms with van der Waals surface area (Å²) in [6.45, 7) is 4.11. The molecule has 1 saturated heterocycles. The van der Waals surface area contributed by atoms with Crippen LogP contribution in [0.2, 0.25) is 0 Å². The van der Waals surface area contributed by atoms with Gasteiger partial charge in [0, 0.05) is 12.8 Å². The maximum Gasteiger partial charge on any atom is 0.305 e. The third-order valence-electron chi connectivity index (χ3n) is 13.3.